The summed E-state index contributed by atoms with van der Waals surface area (Å²) in [6.07, 6.45) is 4.71. The fraction of sp³-hybridized carbons (Fsp3) is 0.417. The van der Waals surface area contributed by atoms with E-state index in [0.717, 1.165) is 0 Å². The van der Waals surface area contributed by atoms with E-state index in [1.54, 1.807) is 0 Å². The molecule has 0 spiro atoms. The predicted molar refractivity (Wildman–Crippen MR) is 327 cm³/mol. The number of hydrogen-bond acceptors (Lipinski definition) is 2. The van der Waals surface area contributed by atoms with E-state index in [1.165, 1.54) is 137 Å². The molecule has 2 aliphatic heterocycles. The molecule has 75 heavy (non-hydrogen) atoms. The lowest BCUT2D eigenvalue weighted by Gasteiger charge is -2.48. The molecule has 0 N–H and O–H groups in total. The molecule has 0 radical (unpaired) electrons. The average molecular weight is 989 g/mol. The lowest BCUT2D eigenvalue weighted by atomic mass is 9.33. The zero-order chi connectivity index (χ0) is 53.7. The van der Waals surface area contributed by atoms with Crippen LogP contribution in [0.2, 0.25) is 0 Å². The van der Waals surface area contributed by atoms with Gasteiger partial charge in [0, 0.05) is 39.4 Å². The Bertz CT molecular complexity index is 3420. The van der Waals surface area contributed by atoms with Gasteiger partial charge in [0.25, 0.3) is 6.71 Å². The third kappa shape index (κ3) is 8.35. The normalized spacial score (nSPS) is 18.0. The third-order valence-corrected chi connectivity index (χ3v) is 19.2. The topological polar surface area (TPSA) is 6.48 Å². The lowest BCUT2D eigenvalue weighted by Crippen LogP contribution is -2.62. The standard InChI is InChI=1S/C72H85BN2/c1-45(2)47-38-63-65-64(39-47)75(60-32-28-50(67(6,7)8)40-53(60)46-23-22-26-49(37-46)66(3,4)5)61-41-51(72(17,18)48-24-20-19-21-25-48)27-31-58(61)73(65)59-43-56-57(71(15,16)36-35-70(56,13)14)44-62(59)74(63)52-29-30-54-55(42-52)69(11,12)34-33-68(54,9)10/h19-32,37-45H,33-36H2,1-18H3. The summed E-state index contributed by atoms with van der Waals surface area (Å²) >= 11 is 0. The minimum absolute atomic E-state index is 0.00302. The molecule has 0 aromatic heterocycles. The summed E-state index contributed by atoms with van der Waals surface area (Å²) in [4.78, 5) is 5.46. The van der Waals surface area contributed by atoms with Gasteiger partial charge in [0.15, 0.2) is 0 Å². The first-order valence-electron chi connectivity index (χ1n) is 28.6. The van der Waals surface area contributed by atoms with Gasteiger partial charge in [-0.1, -0.05) is 210 Å². The fourth-order valence-electron chi connectivity index (χ4n) is 13.7. The average Bonchev–Trinajstić information content (AvgIpc) is 3.37. The van der Waals surface area contributed by atoms with Gasteiger partial charge in [-0.3, -0.25) is 0 Å². The Hall–Kier alpha value is -5.80. The molecule has 2 nitrogen and oxygen atoms in total. The van der Waals surface area contributed by atoms with Gasteiger partial charge in [-0.05, 0) is 185 Å². The van der Waals surface area contributed by atoms with Crippen LogP contribution in [0.25, 0.3) is 11.1 Å². The van der Waals surface area contributed by atoms with Crippen LogP contribution >= 0.6 is 0 Å². The van der Waals surface area contributed by atoms with Crippen LogP contribution in [-0.4, -0.2) is 6.71 Å². The first-order chi connectivity index (χ1) is 35.0. The molecule has 0 atom stereocenters. The van der Waals surface area contributed by atoms with Crippen LogP contribution in [0.4, 0.5) is 34.1 Å². The van der Waals surface area contributed by atoms with Crippen molar-refractivity contribution in [2.24, 2.45) is 0 Å². The van der Waals surface area contributed by atoms with Gasteiger partial charge in [-0.2, -0.15) is 0 Å². The summed E-state index contributed by atoms with van der Waals surface area (Å²) in [6.45, 7) is 43.6. The molecule has 0 bridgehead atoms. The SMILES string of the molecule is CC(C)c1cc2c3c(c1)N(c1ccc(C(C)(C)C)cc1-c1cccc(C(C)(C)C)c1)c1cc(C(C)(C)c4ccccc4)ccc1B3c1cc3c(cc1N2c1ccc2c(c1)C(C)(C)CCC2(C)C)C(C)(C)CCC3(C)C. The highest BCUT2D eigenvalue weighted by Crippen LogP contribution is 2.54. The van der Waals surface area contributed by atoms with Crippen LogP contribution in [0.1, 0.15) is 206 Å². The quantitative estimate of drug-likeness (QED) is 0.153. The molecular formula is C72H85BN2. The highest BCUT2D eigenvalue weighted by Gasteiger charge is 2.48. The Balaban J connectivity index is 1.29. The molecule has 0 fully saturated rings. The molecule has 7 aromatic rings. The van der Waals surface area contributed by atoms with Gasteiger partial charge in [0.2, 0.25) is 0 Å². The number of fused-ring (bicyclic) bond motifs is 6. The second-order valence-electron chi connectivity index (χ2n) is 29.0. The highest BCUT2D eigenvalue weighted by molar-refractivity contribution is 7.00. The Morgan fingerprint density at radius 2 is 0.947 bits per heavy atom. The number of benzene rings is 7. The molecule has 0 saturated carbocycles. The van der Waals surface area contributed by atoms with Crippen LogP contribution in [-0.2, 0) is 37.9 Å². The molecule has 7 aromatic carbocycles. The van der Waals surface area contributed by atoms with Crippen molar-refractivity contribution in [3.63, 3.8) is 0 Å². The van der Waals surface area contributed by atoms with E-state index < -0.39 is 0 Å². The second-order valence-corrected chi connectivity index (χ2v) is 29.0. The van der Waals surface area contributed by atoms with Gasteiger partial charge < -0.3 is 9.80 Å². The van der Waals surface area contributed by atoms with E-state index in [4.69, 9.17) is 0 Å². The van der Waals surface area contributed by atoms with Crippen LogP contribution in [0, 0.1) is 0 Å². The summed E-state index contributed by atoms with van der Waals surface area (Å²) in [5.74, 6) is 0.289. The van der Waals surface area contributed by atoms with Gasteiger partial charge in [-0.25, -0.2) is 0 Å². The Morgan fingerprint density at radius 3 is 1.56 bits per heavy atom. The number of hydrogen-bond donors (Lipinski definition) is 0. The molecule has 11 rings (SSSR count). The Morgan fingerprint density at radius 1 is 0.413 bits per heavy atom. The van der Waals surface area contributed by atoms with Crippen molar-refractivity contribution in [1.82, 2.24) is 0 Å². The number of nitrogens with zero attached hydrogens (tertiary/aromatic N) is 2. The summed E-state index contributed by atoms with van der Waals surface area (Å²) in [6, 6.07) is 53.7. The van der Waals surface area contributed by atoms with Crippen LogP contribution in [0.15, 0.2) is 133 Å². The molecule has 3 heteroatoms. The van der Waals surface area contributed by atoms with E-state index in [2.05, 4.69) is 268 Å². The van der Waals surface area contributed by atoms with E-state index in [1.807, 2.05) is 0 Å². The number of rotatable bonds is 6. The van der Waals surface area contributed by atoms with Crippen molar-refractivity contribution in [2.45, 2.75) is 194 Å². The summed E-state index contributed by atoms with van der Waals surface area (Å²) in [5, 5.41) is 0. The lowest BCUT2D eigenvalue weighted by molar-refractivity contribution is 0.332. The first kappa shape index (κ1) is 51.3. The minimum atomic E-state index is -0.252. The van der Waals surface area contributed by atoms with E-state index in [9.17, 15) is 0 Å². The van der Waals surface area contributed by atoms with Crippen LogP contribution in [0.5, 0.6) is 0 Å². The first-order valence-corrected chi connectivity index (χ1v) is 28.6. The van der Waals surface area contributed by atoms with Gasteiger partial charge in [0.05, 0.1) is 5.69 Å². The van der Waals surface area contributed by atoms with Crippen molar-refractivity contribution >= 4 is 57.2 Å². The largest absolute Gasteiger partial charge is 0.311 e. The van der Waals surface area contributed by atoms with Crippen LogP contribution in [0.3, 0.4) is 0 Å². The molecule has 0 amide bonds. The second kappa shape index (κ2) is 17.1. The molecule has 2 heterocycles. The summed E-state index contributed by atoms with van der Waals surface area (Å²) in [5.41, 5.74) is 27.0. The van der Waals surface area contributed by atoms with Crippen molar-refractivity contribution in [1.29, 1.82) is 0 Å². The monoisotopic (exact) mass is 989 g/mol. The Kier molecular flexibility index (Phi) is 11.7. The molecule has 2 aliphatic carbocycles. The van der Waals surface area contributed by atoms with Crippen molar-refractivity contribution in [3.05, 3.63) is 184 Å². The molecule has 0 saturated heterocycles. The maximum absolute atomic E-state index is 2.74. The zero-order valence-electron chi connectivity index (χ0n) is 49.1. The number of anilines is 6. The zero-order valence-corrected chi connectivity index (χ0v) is 49.1. The summed E-state index contributed by atoms with van der Waals surface area (Å²) < 4.78 is 0. The van der Waals surface area contributed by atoms with Crippen molar-refractivity contribution in [2.75, 3.05) is 9.80 Å². The van der Waals surface area contributed by atoms with Gasteiger partial charge in [0.1, 0.15) is 0 Å². The smallest absolute Gasteiger partial charge is 0.252 e. The highest BCUT2D eigenvalue weighted by atomic mass is 15.2. The van der Waals surface area contributed by atoms with E-state index in [-0.39, 0.29) is 50.5 Å². The molecule has 4 aliphatic rings. The predicted octanol–water partition coefficient (Wildman–Crippen LogP) is 18.2. The maximum atomic E-state index is 2.74. The third-order valence-electron chi connectivity index (χ3n) is 19.2. The van der Waals surface area contributed by atoms with Crippen LogP contribution < -0.4 is 26.2 Å². The molecular weight excluding hydrogens is 904 g/mol. The minimum Gasteiger partial charge on any atom is -0.311 e. The fourth-order valence-corrected chi connectivity index (χ4v) is 13.7. The molecule has 386 valence electrons. The summed E-state index contributed by atoms with van der Waals surface area (Å²) in [7, 11) is 0. The van der Waals surface area contributed by atoms with Crippen molar-refractivity contribution in [3.8, 4) is 11.1 Å². The van der Waals surface area contributed by atoms with Gasteiger partial charge in [-0.15, -0.1) is 0 Å². The molecule has 0 unspecified atom stereocenters. The van der Waals surface area contributed by atoms with Gasteiger partial charge >= 0.3 is 0 Å². The maximum Gasteiger partial charge on any atom is 0.252 e. The van der Waals surface area contributed by atoms with Crippen molar-refractivity contribution < 1.29 is 0 Å². The van der Waals surface area contributed by atoms with E-state index >= 15 is 0 Å². The Labute approximate surface area is 453 Å². The van der Waals surface area contributed by atoms with E-state index in [0.29, 0.717) is 0 Å².